The van der Waals surface area contributed by atoms with E-state index < -0.39 is 5.97 Å². The Balaban J connectivity index is 2.16. The third-order valence-electron chi connectivity index (χ3n) is 3.15. The average Bonchev–Trinajstić information content (AvgIpc) is 2.83. The lowest BCUT2D eigenvalue weighted by Gasteiger charge is -2.32. The first-order chi connectivity index (χ1) is 9.08. The summed E-state index contributed by atoms with van der Waals surface area (Å²) in [4.78, 5) is 24.6. The molecule has 1 amide bonds. The van der Waals surface area contributed by atoms with Crippen LogP contribution in [-0.4, -0.2) is 47.7 Å². The molecule has 1 fully saturated rings. The van der Waals surface area contributed by atoms with E-state index in [4.69, 9.17) is 14.3 Å². The third kappa shape index (κ3) is 3.35. The van der Waals surface area contributed by atoms with Crippen molar-refractivity contribution < 1.29 is 23.8 Å². The number of carbonyl (C=O) groups is 2. The van der Waals surface area contributed by atoms with Crippen LogP contribution in [0.1, 0.15) is 29.2 Å². The molecule has 104 valence electrons. The second-order valence-electron chi connectivity index (χ2n) is 4.58. The van der Waals surface area contributed by atoms with E-state index in [1.165, 1.54) is 4.90 Å². The first kappa shape index (κ1) is 13.6. The van der Waals surface area contributed by atoms with Crippen LogP contribution in [0.15, 0.2) is 16.5 Å². The van der Waals surface area contributed by atoms with E-state index >= 15 is 0 Å². The largest absolute Gasteiger partial charge is 0.480 e. The van der Waals surface area contributed by atoms with Gasteiger partial charge in [-0.05, 0) is 31.9 Å². The van der Waals surface area contributed by atoms with Crippen LogP contribution in [0.3, 0.4) is 0 Å². The standard InChI is InChI=1S/C13H17NO5/c1-9-2-3-11(19-9)13(17)14(8-12(15)16)10-4-6-18-7-5-10/h2-3,10H,4-8H2,1H3,(H,15,16). The molecule has 2 rings (SSSR count). The van der Waals surface area contributed by atoms with E-state index in [0.29, 0.717) is 31.8 Å². The Kier molecular flexibility index (Phi) is 4.21. The molecule has 0 bridgehead atoms. The predicted octanol–water partition coefficient (Wildman–Crippen LogP) is 1.29. The van der Waals surface area contributed by atoms with Crippen molar-refractivity contribution in [2.75, 3.05) is 19.8 Å². The molecule has 1 aromatic rings. The number of carboxylic acid groups (broad SMARTS) is 1. The SMILES string of the molecule is Cc1ccc(C(=O)N(CC(=O)O)C2CCOCC2)o1. The number of carbonyl (C=O) groups excluding carboxylic acids is 1. The van der Waals surface area contributed by atoms with Crippen LogP contribution >= 0.6 is 0 Å². The van der Waals surface area contributed by atoms with Crippen molar-refractivity contribution in [3.05, 3.63) is 23.7 Å². The van der Waals surface area contributed by atoms with Crippen LogP contribution < -0.4 is 0 Å². The van der Waals surface area contributed by atoms with Crippen molar-refractivity contribution in [1.82, 2.24) is 4.90 Å². The van der Waals surface area contributed by atoms with Gasteiger partial charge in [0, 0.05) is 19.3 Å². The predicted molar refractivity (Wildman–Crippen MR) is 66.0 cm³/mol. The first-order valence-electron chi connectivity index (χ1n) is 6.25. The van der Waals surface area contributed by atoms with Crippen LogP contribution in [-0.2, 0) is 9.53 Å². The van der Waals surface area contributed by atoms with Gasteiger partial charge in [0.1, 0.15) is 12.3 Å². The molecule has 0 spiro atoms. The van der Waals surface area contributed by atoms with Gasteiger partial charge in [-0.1, -0.05) is 0 Å². The summed E-state index contributed by atoms with van der Waals surface area (Å²) in [7, 11) is 0. The molecule has 19 heavy (non-hydrogen) atoms. The summed E-state index contributed by atoms with van der Waals surface area (Å²) in [6.07, 6.45) is 1.30. The maximum absolute atomic E-state index is 12.3. The van der Waals surface area contributed by atoms with E-state index in [9.17, 15) is 9.59 Å². The minimum Gasteiger partial charge on any atom is -0.480 e. The second kappa shape index (κ2) is 5.88. The highest BCUT2D eigenvalue weighted by Gasteiger charge is 2.29. The highest BCUT2D eigenvalue weighted by atomic mass is 16.5. The van der Waals surface area contributed by atoms with E-state index in [1.807, 2.05) is 0 Å². The summed E-state index contributed by atoms with van der Waals surface area (Å²) >= 11 is 0. The number of furan rings is 1. The number of aryl methyl sites for hydroxylation is 1. The normalized spacial score (nSPS) is 16.3. The van der Waals surface area contributed by atoms with Gasteiger partial charge in [-0.25, -0.2) is 0 Å². The molecule has 0 aliphatic carbocycles. The zero-order valence-electron chi connectivity index (χ0n) is 10.8. The van der Waals surface area contributed by atoms with Crippen molar-refractivity contribution in [3.8, 4) is 0 Å². The van der Waals surface area contributed by atoms with Gasteiger partial charge in [-0.2, -0.15) is 0 Å². The fourth-order valence-electron chi connectivity index (χ4n) is 2.20. The second-order valence-corrected chi connectivity index (χ2v) is 4.58. The smallest absolute Gasteiger partial charge is 0.323 e. The quantitative estimate of drug-likeness (QED) is 0.889. The Morgan fingerprint density at radius 3 is 2.58 bits per heavy atom. The molecular formula is C13H17NO5. The maximum atomic E-state index is 12.3. The van der Waals surface area contributed by atoms with Crippen molar-refractivity contribution in [3.63, 3.8) is 0 Å². The molecule has 1 aromatic heterocycles. The highest BCUT2D eigenvalue weighted by molar-refractivity contribution is 5.93. The van der Waals surface area contributed by atoms with E-state index in [-0.39, 0.29) is 24.3 Å². The average molecular weight is 267 g/mol. The van der Waals surface area contributed by atoms with Gasteiger partial charge < -0.3 is 19.2 Å². The number of ether oxygens (including phenoxy) is 1. The lowest BCUT2D eigenvalue weighted by molar-refractivity contribution is -0.138. The summed E-state index contributed by atoms with van der Waals surface area (Å²) in [6.45, 7) is 2.52. The van der Waals surface area contributed by atoms with Crippen LogP contribution in [0.4, 0.5) is 0 Å². The number of aliphatic carboxylic acids is 1. The minimum absolute atomic E-state index is 0.109. The van der Waals surface area contributed by atoms with Gasteiger partial charge in [-0.3, -0.25) is 9.59 Å². The molecule has 1 aliphatic heterocycles. The van der Waals surface area contributed by atoms with Crippen molar-refractivity contribution in [2.45, 2.75) is 25.8 Å². The molecule has 1 aliphatic rings. The molecule has 0 radical (unpaired) electrons. The van der Waals surface area contributed by atoms with Crippen LogP contribution in [0.25, 0.3) is 0 Å². The number of nitrogens with zero attached hydrogens (tertiary/aromatic N) is 1. The Morgan fingerprint density at radius 2 is 2.05 bits per heavy atom. The van der Waals surface area contributed by atoms with Gasteiger partial charge in [0.2, 0.25) is 0 Å². The van der Waals surface area contributed by atoms with Gasteiger partial charge in [0.05, 0.1) is 0 Å². The molecule has 1 saturated heterocycles. The molecule has 0 saturated carbocycles. The third-order valence-corrected chi connectivity index (χ3v) is 3.15. The molecule has 1 N–H and O–H groups in total. The molecule has 0 unspecified atom stereocenters. The number of hydrogen-bond donors (Lipinski definition) is 1. The van der Waals surface area contributed by atoms with Gasteiger partial charge in [0.25, 0.3) is 5.91 Å². The van der Waals surface area contributed by atoms with Crippen LogP contribution in [0.5, 0.6) is 0 Å². The summed E-state index contributed by atoms with van der Waals surface area (Å²) < 4.78 is 10.5. The summed E-state index contributed by atoms with van der Waals surface area (Å²) in [5, 5.41) is 8.96. The van der Waals surface area contributed by atoms with Crippen molar-refractivity contribution >= 4 is 11.9 Å². The van der Waals surface area contributed by atoms with Crippen molar-refractivity contribution in [1.29, 1.82) is 0 Å². The van der Waals surface area contributed by atoms with Crippen LogP contribution in [0, 0.1) is 6.92 Å². The molecular weight excluding hydrogens is 250 g/mol. The topological polar surface area (TPSA) is 80.0 Å². The number of amides is 1. The van der Waals surface area contributed by atoms with Crippen molar-refractivity contribution in [2.24, 2.45) is 0 Å². The van der Waals surface area contributed by atoms with Gasteiger partial charge in [0.15, 0.2) is 5.76 Å². The summed E-state index contributed by atoms with van der Waals surface area (Å²) in [5.74, 6) is -0.582. The molecule has 0 atom stereocenters. The zero-order valence-corrected chi connectivity index (χ0v) is 10.8. The summed E-state index contributed by atoms with van der Waals surface area (Å²) in [5.41, 5.74) is 0. The monoisotopic (exact) mass is 267 g/mol. The summed E-state index contributed by atoms with van der Waals surface area (Å²) in [6, 6.07) is 3.16. The number of hydrogen-bond acceptors (Lipinski definition) is 4. The fourth-order valence-corrected chi connectivity index (χ4v) is 2.20. The molecule has 6 heteroatoms. The van der Waals surface area contributed by atoms with E-state index in [0.717, 1.165) is 0 Å². The zero-order chi connectivity index (χ0) is 13.8. The molecule has 6 nitrogen and oxygen atoms in total. The van der Waals surface area contributed by atoms with Crippen LogP contribution in [0.2, 0.25) is 0 Å². The molecule has 0 aromatic carbocycles. The number of rotatable bonds is 4. The van der Waals surface area contributed by atoms with Gasteiger partial charge >= 0.3 is 5.97 Å². The minimum atomic E-state index is -1.02. The fraction of sp³-hybridized carbons (Fsp3) is 0.538. The Bertz CT molecular complexity index is 461. The lowest BCUT2D eigenvalue weighted by atomic mass is 10.1. The van der Waals surface area contributed by atoms with E-state index in [2.05, 4.69) is 0 Å². The highest BCUT2D eigenvalue weighted by Crippen LogP contribution is 2.18. The Labute approximate surface area is 110 Å². The maximum Gasteiger partial charge on any atom is 0.323 e. The van der Waals surface area contributed by atoms with Gasteiger partial charge in [-0.15, -0.1) is 0 Å². The van der Waals surface area contributed by atoms with E-state index in [1.54, 1.807) is 19.1 Å². The first-order valence-corrected chi connectivity index (χ1v) is 6.25. The Morgan fingerprint density at radius 1 is 1.37 bits per heavy atom. The number of carboxylic acids is 1. The lowest BCUT2D eigenvalue weighted by Crippen LogP contribution is -2.45. The Hall–Kier alpha value is -1.82. The molecule has 2 heterocycles.